The molecule has 2 amide bonds. The number of methoxy groups -OCH3 is 1. The summed E-state index contributed by atoms with van der Waals surface area (Å²) in [5.74, 6) is 1.59. The number of carboxylic acid groups (broad SMARTS) is 1. The van der Waals surface area contributed by atoms with Crippen LogP contribution >= 0.6 is 0 Å². The average molecular weight is 488 g/mol. The number of aromatic nitrogens is 4. The highest BCUT2D eigenvalue weighted by molar-refractivity contribution is 5.85. The van der Waals surface area contributed by atoms with Crippen molar-refractivity contribution in [2.75, 3.05) is 38.7 Å². The number of hydrogen-bond acceptors (Lipinski definition) is 8. The lowest BCUT2D eigenvalue weighted by Gasteiger charge is -2.20. The molecule has 0 aliphatic rings. The molecule has 0 spiro atoms. The van der Waals surface area contributed by atoms with Gasteiger partial charge in [0.05, 0.1) is 17.6 Å². The maximum Gasteiger partial charge on any atom is 0.405 e. The Morgan fingerprint density at radius 1 is 1.14 bits per heavy atom. The van der Waals surface area contributed by atoms with Crippen molar-refractivity contribution < 1.29 is 24.2 Å². The summed E-state index contributed by atoms with van der Waals surface area (Å²) in [6.07, 6.45) is 0.261. The lowest BCUT2D eigenvalue weighted by molar-refractivity contribution is -0.124. The molecule has 12 nitrogen and oxygen atoms in total. The van der Waals surface area contributed by atoms with E-state index in [2.05, 4.69) is 26.1 Å². The summed E-state index contributed by atoms with van der Waals surface area (Å²) in [7, 11) is 1.63. The molecule has 0 aliphatic carbocycles. The largest absolute Gasteiger partial charge is 0.491 e. The van der Waals surface area contributed by atoms with Crippen LogP contribution < -0.4 is 20.7 Å². The third-order valence-corrected chi connectivity index (χ3v) is 5.44. The Morgan fingerprint density at radius 2 is 1.91 bits per heavy atom. The summed E-state index contributed by atoms with van der Waals surface area (Å²) in [6.45, 7) is 7.47. The van der Waals surface area contributed by atoms with E-state index < -0.39 is 12.1 Å². The van der Waals surface area contributed by atoms with Gasteiger partial charge < -0.3 is 30.5 Å². The number of benzene rings is 1. The van der Waals surface area contributed by atoms with Crippen LogP contribution in [-0.4, -0.2) is 76.1 Å². The molecule has 12 heteroatoms. The molecule has 0 saturated carbocycles. The van der Waals surface area contributed by atoms with Gasteiger partial charge in [0.25, 0.3) is 0 Å². The smallest absolute Gasteiger partial charge is 0.405 e. The Kier molecular flexibility index (Phi) is 9.01. The van der Waals surface area contributed by atoms with E-state index in [1.54, 1.807) is 21.0 Å². The molecule has 2 aromatic heterocycles. The third kappa shape index (κ3) is 6.69. The second kappa shape index (κ2) is 12.2. The maximum absolute atomic E-state index is 12.3. The zero-order chi connectivity index (χ0) is 25.4. The molecule has 1 atom stereocenters. The Labute approximate surface area is 203 Å². The normalized spacial score (nSPS) is 12.1. The summed E-state index contributed by atoms with van der Waals surface area (Å²) < 4.78 is 12.7. The monoisotopic (exact) mass is 487 g/mol. The van der Waals surface area contributed by atoms with Crippen molar-refractivity contribution in [3.63, 3.8) is 0 Å². The minimum absolute atomic E-state index is 0.147. The number of unbranched alkanes of at least 4 members (excludes halogenated alkanes) is 1. The third-order valence-electron chi connectivity index (χ3n) is 5.44. The van der Waals surface area contributed by atoms with Gasteiger partial charge in [0.2, 0.25) is 11.6 Å². The van der Waals surface area contributed by atoms with Crippen LogP contribution in [0.1, 0.15) is 32.5 Å². The minimum Gasteiger partial charge on any atom is -0.491 e. The number of nitrogens with one attached hydrogen (secondary N) is 3. The molecule has 1 aromatic carbocycles. The molecule has 4 N–H and O–H groups in total. The lowest BCUT2D eigenvalue weighted by Crippen LogP contribution is -2.49. The van der Waals surface area contributed by atoms with Crippen molar-refractivity contribution in [2.24, 2.45) is 5.92 Å². The zero-order valence-electron chi connectivity index (χ0n) is 20.5. The van der Waals surface area contributed by atoms with Gasteiger partial charge in [-0.05, 0) is 37.8 Å². The standard InChI is InChI=1S/C23H33N7O5/c1-14(2)19(27-23(32)33)22(31)25-10-6-5-9-24-20-21-29-28-15(3)30(21)18-8-7-16(13-17(18)26-20)35-12-11-34-4/h7-8,13-14,19,27H,5-6,9-12H2,1-4H3,(H,24,26)(H,25,31)(H,32,33). The van der Waals surface area contributed by atoms with Gasteiger partial charge in [0.15, 0.2) is 5.82 Å². The van der Waals surface area contributed by atoms with Crippen LogP contribution in [0.15, 0.2) is 18.2 Å². The van der Waals surface area contributed by atoms with Gasteiger partial charge in [-0.15, -0.1) is 10.2 Å². The van der Waals surface area contributed by atoms with E-state index in [0.717, 1.165) is 23.3 Å². The molecule has 0 bridgehead atoms. The molecule has 0 saturated heterocycles. The molecular weight excluding hydrogens is 454 g/mol. The Morgan fingerprint density at radius 3 is 2.63 bits per heavy atom. The summed E-state index contributed by atoms with van der Waals surface area (Å²) in [4.78, 5) is 27.9. The minimum atomic E-state index is -1.21. The van der Waals surface area contributed by atoms with E-state index in [4.69, 9.17) is 19.6 Å². The zero-order valence-corrected chi connectivity index (χ0v) is 20.5. The molecule has 3 aromatic rings. The van der Waals surface area contributed by atoms with Gasteiger partial charge in [-0.3, -0.25) is 9.20 Å². The SMILES string of the molecule is COCCOc1ccc2c(c1)nc(NCCCCNC(=O)C(NC(=O)O)C(C)C)c1nnc(C)n12. The second-order valence-electron chi connectivity index (χ2n) is 8.45. The number of nitrogens with zero attached hydrogens (tertiary/aromatic N) is 4. The van der Waals surface area contributed by atoms with E-state index in [1.165, 1.54) is 0 Å². The summed E-state index contributed by atoms with van der Waals surface area (Å²) in [6, 6.07) is 4.92. The highest BCUT2D eigenvalue weighted by atomic mass is 16.5. The molecular formula is C23H33N7O5. The first-order chi connectivity index (χ1) is 16.8. The van der Waals surface area contributed by atoms with Crippen molar-refractivity contribution in [3.8, 4) is 5.75 Å². The number of carbonyl (C=O) groups is 2. The number of rotatable bonds is 13. The maximum atomic E-state index is 12.3. The van der Waals surface area contributed by atoms with Gasteiger partial charge >= 0.3 is 6.09 Å². The number of amides is 2. The quantitative estimate of drug-likeness (QED) is 0.266. The second-order valence-corrected chi connectivity index (χ2v) is 8.45. The highest BCUT2D eigenvalue weighted by Gasteiger charge is 2.23. The molecule has 3 rings (SSSR count). The van der Waals surface area contributed by atoms with Gasteiger partial charge in [-0.2, -0.15) is 0 Å². The van der Waals surface area contributed by atoms with Gasteiger partial charge in [0.1, 0.15) is 24.2 Å². The molecule has 0 fully saturated rings. The van der Waals surface area contributed by atoms with E-state index in [1.807, 2.05) is 29.5 Å². The van der Waals surface area contributed by atoms with Crippen LogP contribution in [0.4, 0.5) is 10.6 Å². The first kappa shape index (κ1) is 25.9. The van der Waals surface area contributed by atoms with Gasteiger partial charge in [-0.1, -0.05) is 13.8 Å². The fraction of sp³-hybridized carbons (Fsp3) is 0.522. The van der Waals surface area contributed by atoms with Crippen LogP contribution in [0.5, 0.6) is 5.75 Å². The predicted octanol–water partition coefficient (Wildman–Crippen LogP) is 2.21. The number of carbonyl (C=O) groups excluding carboxylic acids is 1. The van der Waals surface area contributed by atoms with E-state index in [0.29, 0.717) is 49.9 Å². The van der Waals surface area contributed by atoms with Crippen LogP contribution in [0, 0.1) is 12.8 Å². The van der Waals surface area contributed by atoms with Crippen molar-refractivity contribution in [3.05, 3.63) is 24.0 Å². The first-order valence-corrected chi connectivity index (χ1v) is 11.6. The number of aryl methyl sites for hydroxylation is 1. The fourth-order valence-corrected chi connectivity index (χ4v) is 3.65. The van der Waals surface area contributed by atoms with Crippen molar-refractivity contribution >= 4 is 34.5 Å². The first-order valence-electron chi connectivity index (χ1n) is 11.6. The van der Waals surface area contributed by atoms with Crippen molar-refractivity contribution in [1.29, 1.82) is 0 Å². The Bertz CT molecular complexity index is 1160. The summed E-state index contributed by atoms with van der Waals surface area (Å²) >= 11 is 0. The van der Waals surface area contributed by atoms with Crippen molar-refractivity contribution in [2.45, 2.75) is 39.7 Å². The van der Waals surface area contributed by atoms with E-state index in [-0.39, 0.29) is 11.8 Å². The van der Waals surface area contributed by atoms with Crippen LogP contribution in [0.25, 0.3) is 16.7 Å². The Hall–Kier alpha value is -3.67. The summed E-state index contributed by atoms with van der Waals surface area (Å²) in [5.41, 5.74) is 2.26. The van der Waals surface area contributed by atoms with Crippen LogP contribution in [0.3, 0.4) is 0 Å². The number of anilines is 1. The molecule has 2 heterocycles. The van der Waals surface area contributed by atoms with Gasteiger partial charge in [-0.25, -0.2) is 9.78 Å². The average Bonchev–Trinajstić information content (AvgIpc) is 3.21. The summed E-state index contributed by atoms with van der Waals surface area (Å²) in [5, 5.41) is 25.8. The molecule has 35 heavy (non-hydrogen) atoms. The van der Waals surface area contributed by atoms with Crippen LogP contribution in [-0.2, 0) is 9.53 Å². The van der Waals surface area contributed by atoms with Crippen molar-refractivity contribution in [1.82, 2.24) is 30.2 Å². The fourth-order valence-electron chi connectivity index (χ4n) is 3.65. The molecule has 190 valence electrons. The van der Waals surface area contributed by atoms with E-state index >= 15 is 0 Å². The highest BCUT2D eigenvalue weighted by Crippen LogP contribution is 2.25. The molecule has 1 unspecified atom stereocenters. The van der Waals surface area contributed by atoms with Gasteiger partial charge in [0, 0.05) is 26.3 Å². The molecule has 0 aliphatic heterocycles. The molecule has 0 radical (unpaired) electrons. The van der Waals surface area contributed by atoms with E-state index in [9.17, 15) is 9.59 Å². The van der Waals surface area contributed by atoms with Crippen LogP contribution in [0.2, 0.25) is 0 Å². The Balaban J connectivity index is 1.60. The lowest BCUT2D eigenvalue weighted by atomic mass is 10.0. The topological polar surface area (TPSA) is 152 Å². The predicted molar refractivity (Wildman–Crippen MR) is 131 cm³/mol. The number of hydrogen-bond donors (Lipinski definition) is 4. The number of ether oxygens (including phenoxy) is 2. The number of fused-ring (bicyclic) bond motifs is 3.